The van der Waals surface area contributed by atoms with Crippen molar-refractivity contribution in [1.82, 2.24) is 4.72 Å². The molecule has 0 spiro atoms. The Labute approximate surface area is 168 Å². The van der Waals surface area contributed by atoms with E-state index in [1.807, 2.05) is 6.92 Å². The summed E-state index contributed by atoms with van der Waals surface area (Å²) in [6.07, 6.45) is -0.482. The number of anilines is 1. The minimum absolute atomic E-state index is 0.0499. The molecule has 5 N–H and O–H groups in total. The number of nitrogens with two attached hydrogens (primary N) is 1. The van der Waals surface area contributed by atoms with Crippen LogP contribution in [-0.2, 0) is 19.6 Å². The number of hydrogen-bond acceptors (Lipinski definition) is 5. The summed E-state index contributed by atoms with van der Waals surface area (Å²) in [6.45, 7) is 3.58. The molecule has 2 amide bonds. The van der Waals surface area contributed by atoms with Crippen LogP contribution in [0.4, 0.5) is 10.1 Å². The molecule has 0 bridgehead atoms. The SMILES string of the molecule is Cc1ccc(S(=O)(=O)N[C@H](CCC(N)=O)C(=O)Nc2cc(F)ccc2O)cc1C. The minimum Gasteiger partial charge on any atom is -0.506 e. The van der Waals surface area contributed by atoms with Gasteiger partial charge in [-0.25, -0.2) is 12.8 Å². The number of amides is 2. The van der Waals surface area contributed by atoms with Crippen LogP contribution in [0.3, 0.4) is 0 Å². The van der Waals surface area contributed by atoms with Gasteiger partial charge in [-0.2, -0.15) is 4.72 Å². The fourth-order valence-electron chi connectivity index (χ4n) is 2.49. The quantitative estimate of drug-likeness (QED) is 0.479. The fraction of sp³-hybridized carbons (Fsp3) is 0.263. The van der Waals surface area contributed by atoms with Gasteiger partial charge in [0, 0.05) is 12.5 Å². The molecule has 0 unspecified atom stereocenters. The Morgan fingerprint density at radius 3 is 2.45 bits per heavy atom. The average Bonchev–Trinajstić information content (AvgIpc) is 2.63. The number of rotatable bonds is 8. The molecule has 8 nitrogen and oxygen atoms in total. The van der Waals surface area contributed by atoms with Crippen molar-refractivity contribution in [1.29, 1.82) is 0 Å². The number of hydrogen-bond donors (Lipinski definition) is 4. The molecule has 2 rings (SSSR count). The molecule has 0 aliphatic rings. The van der Waals surface area contributed by atoms with Gasteiger partial charge in [0.05, 0.1) is 10.6 Å². The van der Waals surface area contributed by atoms with Crippen LogP contribution in [0.15, 0.2) is 41.3 Å². The number of primary amides is 1. The van der Waals surface area contributed by atoms with Crippen LogP contribution in [0.5, 0.6) is 5.75 Å². The fourth-order valence-corrected chi connectivity index (χ4v) is 3.81. The first kappa shape index (κ1) is 22.3. The molecule has 2 aromatic carbocycles. The normalized spacial score (nSPS) is 12.4. The Bertz CT molecular complexity index is 1040. The number of aromatic hydroxyl groups is 1. The first-order chi connectivity index (χ1) is 13.5. The molecule has 156 valence electrons. The number of aryl methyl sites for hydroxylation is 2. The van der Waals surface area contributed by atoms with Gasteiger partial charge in [0.15, 0.2) is 0 Å². The topological polar surface area (TPSA) is 139 Å². The summed E-state index contributed by atoms with van der Waals surface area (Å²) < 4.78 is 41.0. The second-order valence-corrected chi connectivity index (χ2v) is 8.29. The molecule has 0 saturated heterocycles. The van der Waals surface area contributed by atoms with Gasteiger partial charge >= 0.3 is 0 Å². The highest BCUT2D eigenvalue weighted by atomic mass is 32.2. The van der Waals surface area contributed by atoms with E-state index in [0.717, 1.165) is 29.3 Å². The smallest absolute Gasteiger partial charge is 0.242 e. The average molecular weight is 423 g/mol. The van der Waals surface area contributed by atoms with Crippen LogP contribution in [0.2, 0.25) is 0 Å². The van der Waals surface area contributed by atoms with Crippen LogP contribution in [-0.4, -0.2) is 31.4 Å². The number of phenols is 1. The Morgan fingerprint density at radius 2 is 1.83 bits per heavy atom. The van der Waals surface area contributed by atoms with E-state index in [-0.39, 0.29) is 23.4 Å². The summed E-state index contributed by atoms with van der Waals surface area (Å²) in [4.78, 5) is 23.7. The summed E-state index contributed by atoms with van der Waals surface area (Å²) in [5.74, 6) is -2.70. The molecule has 1 atom stereocenters. The Morgan fingerprint density at radius 1 is 1.14 bits per heavy atom. The molecule has 0 radical (unpaired) electrons. The number of sulfonamides is 1. The van der Waals surface area contributed by atoms with Crippen molar-refractivity contribution in [2.24, 2.45) is 5.73 Å². The van der Waals surface area contributed by atoms with E-state index in [4.69, 9.17) is 5.73 Å². The molecule has 0 saturated carbocycles. The zero-order valence-corrected chi connectivity index (χ0v) is 16.7. The molecule has 0 aromatic heterocycles. The van der Waals surface area contributed by atoms with E-state index >= 15 is 0 Å². The van der Waals surface area contributed by atoms with Crippen molar-refractivity contribution in [2.75, 3.05) is 5.32 Å². The molecule has 0 aliphatic carbocycles. The van der Waals surface area contributed by atoms with Gasteiger partial charge in [-0.3, -0.25) is 9.59 Å². The number of phenolic OH excluding ortho intramolecular Hbond substituents is 1. The summed E-state index contributed by atoms with van der Waals surface area (Å²) in [7, 11) is -4.10. The maximum Gasteiger partial charge on any atom is 0.242 e. The van der Waals surface area contributed by atoms with Gasteiger partial charge in [-0.05, 0) is 55.7 Å². The monoisotopic (exact) mass is 423 g/mol. The highest BCUT2D eigenvalue weighted by Crippen LogP contribution is 2.24. The number of carbonyl (C=O) groups is 2. The van der Waals surface area contributed by atoms with E-state index in [9.17, 15) is 27.5 Å². The Balaban J connectivity index is 2.28. The van der Waals surface area contributed by atoms with Crippen molar-refractivity contribution in [2.45, 2.75) is 37.6 Å². The van der Waals surface area contributed by atoms with Gasteiger partial charge in [-0.15, -0.1) is 0 Å². The van der Waals surface area contributed by atoms with Gasteiger partial charge < -0.3 is 16.2 Å². The first-order valence-electron chi connectivity index (χ1n) is 8.67. The third-order valence-electron chi connectivity index (χ3n) is 4.30. The largest absolute Gasteiger partial charge is 0.506 e. The molecule has 0 fully saturated rings. The van der Waals surface area contributed by atoms with Crippen LogP contribution in [0, 0.1) is 19.7 Å². The van der Waals surface area contributed by atoms with E-state index < -0.39 is 39.4 Å². The van der Waals surface area contributed by atoms with Crippen LogP contribution < -0.4 is 15.8 Å². The van der Waals surface area contributed by atoms with Gasteiger partial charge in [0.25, 0.3) is 0 Å². The first-order valence-corrected chi connectivity index (χ1v) is 10.1. The number of benzene rings is 2. The lowest BCUT2D eigenvalue weighted by molar-refractivity contribution is -0.119. The molecule has 0 aliphatic heterocycles. The molecule has 29 heavy (non-hydrogen) atoms. The molecular weight excluding hydrogens is 401 g/mol. The molecule has 0 heterocycles. The third-order valence-corrected chi connectivity index (χ3v) is 5.77. The zero-order valence-electron chi connectivity index (χ0n) is 15.9. The number of nitrogens with one attached hydrogen (secondary N) is 2. The van der Waals surface area contributed by atoms with E-state index in [1.54, 1.807) is 13.0 Å². The lowest BCUT2D eigenvalue weighted by Gasteiger charge is -2.19. The Hall–Kier alpha value is -2.98. The van der Waals surface area contributed by atoms with Gasteiger partial charge in [-0.1, -0.05) is 6.07 Å². The zero-order chi connectivity index (χ0) is 21.8. The van der Waals surface area contributed by atoms with Crippen molar-refractivity contribution in [3.8, 4) is 5.75 Å². The predicted octanol–water partition coefficient (Wildman–Crippen LogP) is 1.70. The summed E-state index contributed by atoms with van der Waals surface area (Å²) in [5.41, 5.74) is 6.52. The van der Waals surface area contributed by atoms with E-state index in [0.29, 0.717) is 0 Å². The second kappa shape index (κ2) is 9.01. The highest BCUT2D eigenvalue weighted by Gasteiger charge is 2.27. The molecule has 10 heteroatoms. The van der Waals surface area contributed by atoms with Crippen LogP contribution >= 0.6 is 0 Å². The predicted molar refractivity (Wildman–Crippen MR) is 105 cm³/mol. The van der Waals surface area contributed by atoms with E-state index in [1.165, 1.54) is 12.1 Å². The second-order valence-electron chi connectivity index (χ2n) is 6.58. The van der Waals surface area contributed by atoms with Crippen molar-refractivity contribution >= 4 is 27.5 Å². The Kier molecular flexibility index (Phi) is 6.93. The van der Waals surface area contributed by atoms with Crippen molar-refractivity contribution in [3.63, 3.8) is 0 Å². The lowest BCUT2D eigenvalue weighted by Crippen LogP contribution is -2.44. The summed E-state index contributed by atoms with van der Waals surface area (Å²) >= 11 is 0. The third kappa shape index (κ3) is 6.00. The number of halogens is 1. The minimum atomic E-state index is -4.10. The van der Waals surface area contributed by atoms with Crippen LogP contribution in [0.1, 0.15) is 24.0 Å². The number of carbonyl (C=O) groups excluding carboxylic acids is 2. The molecule has 2 aromatic rings. The molecular formula is C19H22FN3O5S. The van der Waals surface area contributed by atoms with Crippen molar-refractivity contribution in [3.05, 3.63) is 53.3 Å². The maximum absolute atomic E-state index is 13.4. The van der Waals surface area contributed by atoms with Crippen molar-refractivity contribution < 1.29 is 27.5 Å². The van der Waals surface area contributed by atoms with Crippen LogP contribution in [0.25, 0.3) is 0 Å². The van der Waals surface area contributed by atoms with Gasteiger partial charge in [0.2, 0.25) is 21.8 Å². The maximum atomic E-state index is 13.4. The summed E-state index contributed by atoms with van der Waals surface area (Å²) in [6, 6.07) is 6.03. The highest BCUT2D eigenvalue weighted by molar-refractivity contribution is 7.89. The summed E-state index contributed by atoms with van der Waals surface area (Å²) in [5, 5.41) is 12.0. The van der Waals surface area contributed by atoms with Gasteiger partial charge in [0.1, 0.15) is 17.6 Å². The lowest BCUT2D eigenvalue weighted by atomic mass is 10.1. The standard InChI is InChI=1S/C19H22FN3O5S/c1-11-3-5-14(9-12(11)2)29(27,28)23-15(6-8-18(21)25)19(26)22-16-10-13(20)4-7-17(16)24/h3-5,7,9-10,15,23-24H,6,8H2,1-2H3,(H2,21,25)(H,22,26)/t15-/m1/s1. The van der Waals surface area contributed by atoms with E-state index in [2.05, 4.69) is 10.0 Å².